The van der Waals surface area contributed by atoms with E-state index in [-0.39, 0.29) is 0 Å². The van der Waals surface area contributed by atoms with Crippen LogP contribution in [-0.4, -0.2) is 10.2 Å². The molecule has 0 bridgehead atoms. The summed E-state index contributed by atoms with van der Waals surface area (Å²) >= 11 is 3.14. The zero-order chi connectivity index (χ0) is 5.11. The fraction of sp³-hybridized carbons (Fsp3) is 0.250. The van der Waals surface area contributed by atoms with E-state index in [0.717, 1.165) is 6.42 Å². The Balaban J connectivity index is 2.49. The predicted octanol–water partition coefficient (Wildman–Crippen LogP) is 1.50. The van der Waals surface area contributed by atoms with Crippen LogP contribution < -0.4 is 0 Å². The van der Waals surface area contributed by atoms with Crippen LogP contribution in [0.15, 0.2) is 17.4 Å². The van der Waals surface area contributed by atoms with Crippen molar-refractivity contribution in [3.63, 3.8) is 0 Å². The van der Waals surface area contributed by atoms with Gasteiger partial charge in [-0.25, -0.2) is 4.03 Å². The minimum absolute atomic E-state index is 0.947. The van der Waals surface area contributed by atoms with Gasteiger partial charge in [0.2, 0.25) is 0 Å². The van der Waals surface area contributed by atoms with Crippen molar-refractivity contribution in [1.82, 2.24) is 4.03 Å². The summed E-state index contributed by atoms with van der Waals surface area (Å²) < 4.78 is 1.59. The van der Waals surface area contributed by atoms with E-state index in [2.05, 4.69) is 21.2 Å². The van der Waals surface area contributed by atoms with Gasteiger partial charge in [-0.05, 0) is 0 Å². The van der Waals surface area contributed by atoms with Gasteiger partial charge in [-0.15, -0.1) is 0 Å². The summed E-state index contributed by atoms with van der Waals surface area (Å²) in [5.41, 5.74) is 0. The van der Waals surface area contributed by atoms with Crippen LogP contribution in [0.25, 0.3) is 0 Å². The van der Waals surface area contributed by atoms with Crippen molar-refractivity contribution in [2.75, 3.05) is 0 Å². The van der Waals surface area contributed by atoms with Gasteiger partial charge in [-0.1, -0.05) is 6.08 Å². The van der Waals surface area contributed by atoms with Gasteiger partial charge < -0.3 is 0 Å². The van der Waals surface area contributed by atoms with E-state index in [1.165, 1.54) is 0 Å². The molecule has 0 saturated heterocycles. The maximum atomic E-state index is 3.87. The topological polar surface area (TPSA) is 15.6 Å². The van der Waals surface area contributed by atoms with Gasteiger partial charge in [-0.2, -0.15) is 5.10 Å². The summed E-state index contributed by atoms with van der Waals surface area (Å²) in [4.78, 5) is 0. The first-order valence-electron chi connectivity index (χ1n) is 2.04. The molecule has 0 aliphatic carbocycles. The Labute approximate surface area is 50.8 Å². The van der Waals surface area contributed by atoms with Crippen LogP contribution in [0.4, 0.5) is 0 Å². The highest BCUT2D eigenvalue weighted by molar-refractivity contribution is 9.07. The normalized spacial score (nSPS) is 18.1. The van der Waals surface area contributed by atoms with Crippen LogP contribution in [-0.2, 0) is 0 Å². The molecule has 0 aromatic heterocycles. The Morgan fingerprint density at radius 2 is 2.57 bits per heavy atom. The number of hydrogen-bond acceptors (Lipinski definition) is 2. The molecule has 0 aromatic carbocycles. The van der Waals surface area contributed by atoms with E-state index in [9.17, 15) is 0 Å². The fourth-order valence-electron chi connectivity index (χ4n) is 0.372. The molecule has 2 nitrogen and oxygen atoms in total. The average Bonchev–Trinajstić information content (AvgIpc) is 1.69. The Hall–Kier alpha value is -0.310. The summed E-state index contributed by atoms with van der Waals surface area (Å²) in [6.07, 6.45) is 6.65. The lowest BCUT2D eigenvalue weighted by molar-refractivity contribution is 0.691. The molecule has 0 amide bonds. The Kier molecular flexibility index (Phi) is 1.46. The summed E-state index contributed by atoms with van der Waals surface area (Å²) in [7, 11) is 0. The number of nitrogens with zero attached hydrogens (tertiary/aromatic N) is 2. The third kappa shape index (κ3) is 1.31. The molecule has 0 N–H and O–H groups in total. The van der Waals surface area contributed by atoms with Crippen LogP contribution in [0.3, 0.4) is 0 Å². The maximum absolute atomic E-state index is 3.87. The van der Waals surface area contributed by atoms with E-state index < -0.39 is 0 Å². The first-order chi connectivity index (χ1) is 3.39. The van der Waals surface area contributed by atoms with E-state index in [1.54, 1.807) is 4.03 Å². The zero-order valence-electron chi connectivity index (χ0n) is 3.71. The van der Waals surface area contributed by atoms with Gasteiger partial charge in [0.15, 0.2) is 0 Å². The molecule has 1 rings (SSSR count). The van der Waals surface area contributed by atoms with Crippen LogP contribution in [0, 0.1) is 0 Å². The van der Waals surface area contributed by atoms with Crippen molar-refractivity contribution in [3.8, 4) is 0 Å². The molecule has 0 spiro atoms. The quantitative estimate of drug-likeness (QED) is 0.491. The van der Waals surface area contributed by atoms with Gasteiger partial charge in [-0.3, -0.25) is 0 Å². The highest BCUT2D eigenvalue weighted by atomic mass is 79.9. The standard InChI is InChI=1S/C4H5BrN2/c5-7-4-2-1-3-6-7/h2-4H,1H2. The maximum Gasteiger partial charge on any atom is 0.0743 e. The molecule has 1 aliphatic heterocycles. The van der Waals surface area contributed by atoms with E-state index in [0.29, 0.717) is 0 Å². The van der Waals surface area contributed by atoms with Crippen LogP contribution in [0.2, 0.25) is 0 Å². The molecule has 1 heterocycles. The number of rotatable bonds is 0. The summed E-state index contributed by atoms with van der Waals surface area (Å²) in [5.74, 6) is 0. The first-order valence-corrected chi connectivity index (χ1v) is 2.74. The number of hydrogen-bond donors (Lipinski definition) is 0. The number of allylic oxidation sites excluding steroid dienone is 1. The molecule has 0 unspecified atom stereocenters. The van der Waals surface area contributed by atoms with E-state index >= 15 is 0 Å². The summed E-state index contributed by atoms with van der Waals surface area (Å²) in [6, 6.07) is 0. The second kappa shape index (κ2) is 2.12. The molecular weight excluding hydrogens is 156 g/mol. The SMILES string of the molecule is BrN1C=CCC=N1. The van der Waals surface area contributed by atoms with Crippen molar-refractivity contribution in [1.29, 1.82) is 0 Å². The Bertz CT molecular complexity index is 96.3. The highest BCUT2D eigenvalue weighted by Gasteiger charge is 1.87. The monoisotopic (exact) mass is 160 g/mol. The number of hydrazone groups is 1. The molecule has 0 radical (unpaired) electrons. The lowest BCUT2D eigenvalue weighted by Crippen LogP contribution is -1.95. The lowest BCUT2D eigenvalue weighted by Gasteiger charge is -2.03. The van der Waals surface area contributed by atoms with E-state index in [1.807, 2.05) is 18.5 Å². The predicted molar refractivity (Wildman–Crippen MR) is 33.0 cm³/mol. The van der Waals surface area contributed by atoms with Gasteiger partial charge in [0.05, 0.1) is 16.1 Å². The second-order valence-electron chi connectivity index (χ2n) is 1.21. The molecule has 0 atom stereocenters. The largest absolute Gasteiger partial charge is 0.206 e. The molecular formula is C4H5BrN2. The molecule has 0 saturated carbocycles. The van der Waals surface area contributed by atoms with Crippen LogP contribution in [0.1, 0.15) is 6.42 Å². The molecule has 0 aromatic rings. The van der Waals surface area contributed by atoms with Gasteiger partial charge >= 0.3 is 0 Å². The lowest BCUT2D eigenvalue weighted by atomic mass is 10.4. The molecule has 0 fully saturated rings. The number of halogens is 1. The molecule has 3 heteroatoms. The van der Waals surface area contributed by atoms with Crippen LogP contribution in [0.5, 0.6) is 0 Å². The van der Waals surface area contributed by atoms with Crippen molar-refractivity contribution in [2.24, 2.45) is 5.10 Å². The van der Waals surface area contributed by atoms with Gasteiger partial charge in [0.1, 0.15) is 0 Å². The molecule has 7 heavy (non-hydrogen) atoms. The summed E-state index contributed by atoms with van der Waals surface area (Å²) in [6.45, 7) is 0. The van der Waals surface area contributed by atoms with Crippen molar-refractivity contribution in [2.45, 2.75) is 6.42 Å². The molecule has 38 valence electrons. The van der Waals surface area contributed by atoms with Crippen molar-refractivity contribution in [3.05, 3.63) is 12.3 Å². The van der Waals surface area contributed by atoms with Gasteiger partial charge in [0.25, 0.3) is 0 Å². The third-order valence-electron chi connectivity index (χ3n) is 0.662. The van der Waals surface area contributed by atoms with Crippen LogP contribution >= 0.6 is 16.1 Å². The Morgan fingerprint density at radius 3 is 2.86 bits per heavy atom. The zero-order valence-corrected chi connectivity index (χ0v) is 5.30. The smallest absolute Gasteiger partial charge is 0.0743 e. The average molecular weight is 161 g/mol. The fourth-order valence-corrected chi connectivity index (χ4v) is 0.669. The minimum atomic E-state index is 0.947. The first kappa shape index (κ1) is 4.84. The second-order valence-corrected chi connectivity index (χ2v) is 1.93. The highest BCUT2D eigenvalue weighted by Crippen LogP contribution is 2.02. The molecule has 1 aliphatic rings. The Morgan fingerprint density at radius 1 is 1.71 bits per heavy atom. The minimum Gasteiger partial charge on any atom is -0.206 e. The third-order valence-corrected chi connectivity index (χ3v) is 1.08. The van der Waals surface area contributed by atoms with Gasteiger partial charge in [0, 0.05) is 18.8 Å². The van der Waals surface area contributed by atoms with Crippen molar-refractivity contribution < 1.29 is 0 Å². The van der Waals surface area contributed by atoms with Crippen molar-refractivity contribution >= 4 is 22.4 Å². The van der Waals surface area contributed by atoms with E-state index in [4.69, 9.17) is 0 Å². The summed E-state index contributed by atoms with van der Waals surface area (Å²) in [5, 5.41) is 3.87.